The van der Waals surface area contributed by atoms with Crippen molar-refractivity contribution in [3.05, 3.63) is 77.4 Å². The Kier molecular flexibility index (Phi) is 4.51. The Morgan fingerprint density at radius 3 is 2.58 bits per heavy atom. The molecular formula is C17H16NO. The van der Waals surface area contributed by atoms with Crippen LogP contribution < -0.4 is 0 Å². The Balaban J connectivity index is 1.89. The summed E-state index contributed by atoms with van der Waals surface area (Å²) in [5.74, 6) is 0. The van der Waals surface area contributed by atoms with Gasteiger partial charge in [0.2, 0.25) is 0 Å². The molecule has 2 nitrogen and oxygen atoms in total. The van der Waals surface area contributed by atoms with E-state index < -0.39 is 0 Å². The lowest BCUT2D eigenvalue weighted by Gasteiger charge is -2.01. The number of nitrogens with zero attached hydrogens (tertiary/aromatic N) is 1. The van der Waals surface area contributed by atoms with Gasteiger partial charge in [0.15, 0.2) is 0 Å². The van der Waals surface area contributed by atoms with Gasteiger partial charge in [-0.2, -0.15) is 0 Å². The second kappa shape index (κ2) is 6.55. The smallest absolute Gasteiger partial charge is 0.142 e. The largest absolute Gasteiger partial charge is 0.390 e. The molecule has 2 aromatic carbocycles. The summed E-state index contributed by atoms with van der Waals surface area (Å²) in [5.41, 5.74) is 4.24. The Hall–Kier alpha value is -2.35. The molecule has 0 unspecified atom stereocenters. The highest BCUT2D eigenvalue weighted by Crippen LogP contribution is 2.07. The number of benzene rings is 2. The molecule has 1 radical (unpaired) electrons. The van der Waals surface area contributed by atoms with Crippen LogP contribution in [0.2, 0.25) is 0 Å². The summed E-state index contributed by atoms with van der Waals surface area (Å²) in [5, 5.41) is 3.87. The van der Waals surface area contributed by atoms with Crippen molar-refractivity contribution in [1.29, 1.82) is 0 Å². The van der Waals surface area contributed by atoms with Gasteiger partial charge in [0, 0.05) is 5.56 Å². The molecule has 0 amide bonds. The highest BCUT2D eigenvalue weighted by molar-refractivity contribution is 5.81. The summed E-state index contributed by atoms with van der Waals surface area (Å²) in [6.45, 7) is 6.18. The topological polar surface area (TPSA) is 21.6 Å². The lowest BCUT2D eigenvalue weighted by Crippen LogP contribution is -1.90. The van der Waals surface area contributed by atoms with Crippen LogP contribution in [0.3, 0.4) is 0 Å². The van der Waals surface area contributed by atoms with E-state index in [4.69, 9.17) is 4.84 Å². The van der Waals surface area contributed by atoms with Crippen molar-refractivity contribution in [1.82, 2.24) is 0 Å². The third kappa shape index (κ3) is 3.81. The zero-order valence-corrected chi connectivity index (χ0v) is 11.0. The predicted molar refractivity (Wildman–Crippen MR) is 79.0 cm³/mol. The number of hydrogen-bond donors (Lipinski definition) is 0. The minimum absolute atomic E-state index is 0.441. The van der Waals surface area contributed by atoms with Gasteiger partial charge in [0.1, 0.15) is 12.8 Å². The molecule has 0 N–H and O–H groups in total. The molecule has 0 spiro atoms. The average Bonchev–Trinajstić information content (AvgIpc) is 2.46. The van der Waals surface area contributed by atoms with Crippen LogP contribution in [0.1, 0.15) is 22.3 Å². The van der Waals surface area contributed by atoms with E-state index in [9.17, 15) is 0 Å². The van der Waals surface area contributed by atoms with Crippen molar-refractivity contribution in [2.75, 3.05) is 0 Å². The van der Waals surface area contributed by atoms with Gasteiger partial charge >= 0.3 is 0 Å². The summed E-state index contributed by atoms with van der Waals surface area (Å²) in [6.07, 6.45) is 4.71. The van der Waals surface area contributed by atoms with E-state index >= 15 is 0 Å². The van der Waals surface area contributed by atoms with Gasteiger partial charge in [-0.25, -0.2) is 0 Å². The van der Waals surface area contributed by atoms with Crippen LogP contribution in [0, 0.1) is 6.92 Å². The van der Waals surface area contributed by atoms with E-state index in [-0.39, 0.29) is 0 Å². The first-order valence-electron chi connectivity index (χ1n) is 6.14. The molecule has 0 saturated heterocycles. The Morgan fingerprint density at radius 1 is 1.16 bits per heavy atom. The van der Waals surface area contributed by atoms with E-state index in [2.05, 4.69) is 17.9 Å². The highest BCUT2D eigenvalue weighted by atomic mass is 16.6. The second-order valence-electron chi connectivity index (χ2n) is 4.24. The maximum absolute atomic E-state index is 5.24. The van der Waals surface area contributed by atoms with E-state index in [1.165, 1.54) is 0 Å². The molecule has 95 valence electrons. The minimum Gasteiger partial charge on any atom is -0.390 e. The molecule has 0 aliphatic rings. The second-order valence-corrected chi connectivity index (χ2v) is 4.24. The number of aryl methyl sites for hydroxylation is 1. The number of hydrogen-bond acceptors (Lipinski definition) is 2. The van der Waals surface area contributed by atoms with Crippen molar-refractivity contribution >= 4 is 12.3 Å². The molecular weight excluding hydrogens is 234 g/mol. The first-order valence-corrected chi connectivity index (χ1v) is 6.14. The zero-order valence-electron chi connectivity index (χ0n) is 11.0. The van der Waals surface area contributed by atoms with Gasteiger partial charge in [-0.15, -0.1) is 0 Å². The molecule has 2 rings (SSSR count). The van der Waals surface area contributed by atoms with Gasteiger partial charge in [0.05, 0.1) is 0 Å². The first kappa shape index (κ1) is 13.1. The van der Waals surface area contributed by atoms with Gasteiger partial charge in [-0.3, -0.25) is 0 Å². The van der Waals surface area contributed by atoms with Crippen LogP contribution >= 0.6 is 0 Å². The minimum atomic E-state index is 0.441. The standard InChI is InChI=1S/C17H16NO/c1-3-15-8-10-16(11-9-15)13-19-18-12-17-7-5-4-6-14(17)2/h3-11H,1,13H2,2H3. The summed E-state index contributed by atoms with van der Waals surface area (Å²) in [7, 11) is 0. The lowest BCUT2D eigenvalue weighted by atomic mass is 10.1. The SMILES string of the molecule is C=Cc1ccc(CO/N=[C]\c2ccccc2C)cc1. The number of rotatable bonds is 5. The summed E-state index contributed by atoms with van der Waals surface area (Å²) < 4.78 is 0. The molecule has 0 saturated carbocycles. The van der Waals surface area contributed by atoms with Crippen molar-refractivity contribution in [3.8, 4) is 0 Å². The molecule has 2 heteroatoms. The van der Waals surface area contributed by atoms with Crippen LogP contribution in [0.4, 0.5) is 0 Å². The lowest BCUT2D eigenvalue weighted by molar-refractivity contribution is 0.132. The molecule has 0 fully saturated rings. The Morgan fingerprint density at radius 2 is 1.89 bits per heavy atom. The molecule has 0 bridgehead atoms. The monoisotopic (exact) mass is 250 g/mol. The maximum atomic E-state index is 5.24. The van der Waals surface area contributed by atoms with Crippen molar-refractivity contribution in [2.24, 2.45) is 5.16 Å². The molecule has 19 heavy (non-hydrogen) atoms. The normalized spacial score (nSPS) is 10.6. The van der Waals surface area contributed by atoms with Gasteiger partial charge in [-0.05, 0) is 23.6 Å². The van der Waals surface area contributed by atoms with Crippen LogP contribution in [0.5, 0.6) is 0 Å². The first-order chi connectivity index (χ1) is 9.29. The van der Waals surface area contributed by atoms with E-state index in [1.807, 2.05) is 61.5 Å². The van der Waals surface area contributed by atoms with E-state index in [0.29, 0.717) is 6.61 Å². The Labute approximate surface area is 114 Å². The molecule has 0 aliphatic heterocycles. The molecule has 2 aromatic rings. The highest BCUT2D eigenvalue weighted by Gasteiger charge is 1.95. The van der Waals surface area contributed by atoms with Gasteiger partial charge in [0.25, 0.3) is 0 Å². The molecule has 0 heterocycles. The van der Waals surface area contributed by atoms with Crippen LogP contribution in [0.15, 0.2) is 60.3 Å². The third-order valence-electron chi connectivity index (χ3n) is 2.82. The van der Waals surface area contributed by atoms with Crippen molar-refractivity contribution in [3.63, 3.8) is 0 Å². The van der Waals surface area contributed by atoms with Crippen molar-refractivity contribution in [2.45, 2.75) is 13.5 Å². The average molecular weight is 250 g/mol. The fourth-order valence-electron chi connectivity index (χ4n) is 1.64. The summed E-state index contributed by atoms with van der Waals surface area (Å²) in [6, 6.07) is 15.9. The fraction of sp³-hybridized carbons (Fsp3) is 0.118. The summed E-state index contributed by atoms with van der Waals surface area (Å²) in [4.78, 5) is 5.24. The van der Waals surface area contributed by atoms with Crippen LogP contribution in [0.25, 0.3) is 6.08 Å². The van der Waals surface area contributed by atoms with Gasteiger partial charge in [-0.1, -0.05) is 66.3 Å². The van der Waals surface area contributed by atoms with Crippen molar-refractivity contribution < 1.29 is 4.84 Å². The quantitative estimate of drug-likeness (QED) is 0.579. The summed E-state index contributed by atoms with van der Waals surface area (Å²) >= 11 is 0. The van der Waals surface area contributed by atoms with Gasteiger partial charge < -0.3 is 4.84 Å². The predicted octanol–water partition coefficient (Wildman–Crippen LogP) is 4.07. The molecule has 0 aromatic heterocycles. The van der Waals surface area contributed by atoms with E-state index in [1.54, 1.807) is 0 Å². The maximum Gasteiger partial charge on any atom is 0.142 e. The third-order valence-corrected chi connectivity index (χ3v) is 2.82. The Bertz CT molecular complexity index is 570. The van der Waals surface area contributed by atoms with E-state index in [0.717, 1.165) is 22.3 Å². The zero-order chi connectivity index (χ0) is 13.5. The molecule has 0 atom stereocenters. The van der Waals surface area contributed by atoms with Crippen LogP contribution in [-0.4, -0.2) is 6.21 Å². The molecule has 0 aliphatic carbocycles. The fourth-order valence-corrected chi connectivity index (χ4v) is 1.64. The van der Waals surface area contributed by atoms with Crippen LogP contribution in [-0.2, 0) is 11.4 Å².